The summed E-state index contributed by atoms with van der Waals surface area (Å²) in [6, 6.07) is 4.09. The smallest absolute Gasteiger partial charge is 0.332 e. The van der Waals surface area contributed by atoms with Gasteiger partial charge in [-0.3, -0.25) is 10.1 Å². The second-order valence-electron chi connectivity index (χ2n) is 4.21. The summed E-state index contributed by atoms with van der Waals surface area (Å²) in [6.07, 6.45) is 0. The Bertz CT molecular complexity index is 690. The molecule has 0 aliphatic carbocycles. The third-order valence-corrected chi connectivity index (χ3v) is 2.71. The second-order valence-corrected chi connectivity index (χ2v) is 4.21. The van der Waals surface area contributed by atoms with Gasteiger partial charge in [-0.2, -0.15) is 4.98 Å². The van der Waals surface area contributed by atoms with Crippen LogP contribution >= 0.6 is 0 Å². The maximum Gasteiger partial charge on any atom is 0.332 e. The number of nitrogens with zero attached hydrogens (tertiary/aromatic N) is 3. The molecular weight excluding hydrogens is 265 g/mol. The summed E-state index contributed by atoms with van der Waals surface area (Å²) < 4.78 is 13.2. The van der Waals surface area contributed by atoms with Crippen molar-refractivity contribution in [3.05, 3.63) is 45.4 Å². The first-order valence-corrected chi connectivity index (χ1v) is 5.70. The molecule has 0 saturated heterocycles. The second kappa shape index (κ2) is 5.08. The predicted octanol–water partition coefficient (Wildman–Crippen LogP) is 2.47. The highest BCUT2D eigenvalue weighted by Crippen LogP contribution is 2.30. The normalized spacial score (nSPS) is 10.3. The summed E-state index contributed by atoms with van der Waals surface area (Å²) in [6.45, 7) is 3.20. The van der Waals surface area contributed by atoms with Crippen LogP contribution in [-0.4, -0.2) is 14.9 Å². The number of aromatic nitrogens is 2. The van der Waals surface area contributed by atoms with Crippen LogP contribution in [0.3, 0.4) is 0 Å². The summed E-state index contributed by atoms with van der Waals surface area (Å²) >= 11 is 0. The quantitative estimate of drug-likeness (QED) is 0.659. The van der Waals surface area contributed by atoms with E-state index in [0.29, 0.717) is 5.69 Å². The van der Waals surface area contributed by atoms with Gasteiger partial charge in [0.25, 0.3) is 0 Å². The van der Waals surface area contributed by atoms with Crippen molar-refractivity contribution in [3.63, 3.8) is 0 Å². The van der Waals surface area contributed by atoms with Gasteiger partial charge >= 0.3 is 5.69 Å². The average Bonchev–Trinajstić information content (AvgIpc) is 2.32. The number of hydrogen-bond acceptors (Lipinski definition) is 6. The first-order chi connectivity index (χ1) is 9.38. The summed E-state index contributed by atoms with van der Waals surface area (Å²) in [5.74, 6) is -0.613. The van der Waals surface area contributed by atoms with E-state index in [1.807, 2.05) is 0 Å². The van der Waals surface area contributed by atoms with Crippen LogP contribution in [0.4, 0.5) is 27.5 Å². The van der Waals surface area contributed by atoms with E-state index in [1.165, 1.54) is 19.1 Å². The Labute approximate surface area is 113 Å². The fraction of sp³-hybridized carbons (Fsp3) is 0.167. The third-order valence-electron chi connectivity index (χ3n) is 2.71. The molecule has 0 unspecified atom stereocenters. The van der Waals surface area contributed by atoms with Gasteiger partial charge in [0.05, 0.1) is 4.92 Å². The van der Waals surface area contributed by atoms with Gasteiger partial charge in [0.15, 0.2) is 0 Å². The molecule has 104 valence electrons. The first kappa shape index (κ1) is 13.7. The number of benzene rings is 1. The van der Waals surface area contributed by atoms with Crippen LogP contribution in [0.5, 0.6) is 0 Å². The number of nitrogens with one attached hydrogen (secondary N) is 1. The maximum absolute atomic E-state index is 13.2. The molecule has 1 aromatic carbocycles. The van der Waals surface area contributed by atoms with Gasteiger partial charge < -0.3 is 11.1 Å². The van der Waals surface area contributed by atoms with Crippen LogP contribution in [0, 0.1) is 29.8 Å². The Kier molecular flexibility index (Phi) is 3.47. The Balaban J connectivity index is 2.53. The number of rotatable bonds is 3. The molecule has 1 aromatic heterocycles. The van der Waals surface area contributed by atoms with Crippen LogP contribution in [0.2, 0.25) is 0 Å². The van der Waals surface area contributed by atoms with Crippen LogP contribution in [-0.2, 0) is 0 Å². The minimum atomic E-state index is -0.605. The third kappa shape index (κ3) is 2.63. The molecule has 0 saturated carbocycles. The summed E-state index contributed by atoms with van der Waals surface area (Å²) in [7, 11) is 0. The molecule has 0 atom stereocenters. The van der Waals surface area contributed by atoms with E-state index in [9.17, 15) is 14.5 Å². The average molecular weight is 277 g/mol. The molecule has 8 heteroatoms. The molecule has 0 aliphatic heterocycles. The highest BCUT2D eigenvalue weighted by Gasteiger charge is 2.22. The zero-order valence-corrected chi connectivity index (χ0v) is 10.8. The molecule has 7 nitrogen and oxygen atoms in total. The fourth-order valence-electron chi connectivity index (χ4n) is 1.75. The molecule has 0 spiro atoms. The topological polar surface area (TPSA) is 107 Å². The lowest BCUT2D eigenvalue weighted by Crippen LogP contribution is -2.07. The summed E-state index contributed by atoms with van der Waals surface area (Å²) in [5.41, 5.74) is 6.44. The SMILES string of the molecule is Cc1ccc(F)cc1Nc1nc(N)nc(C)c1[N+](=O)[O-]. The highest BCUT2D eigenvalue weighted by molar-refractivity contribution is 5.69. The highest BCUT2D eigenvalue weighted by atomic mass is 19.1. The summed E-state index contributed by atoms with van der Waals surface area (Å²) in [4.78, 5) is 18.0. The number of aryl methyl sites for hydroxylation is 2. The van der Waals surface area contributed by atoms with Crippen LogP contribution in [0.25, 0.3) is 0 Å². The van der Waals surface area contributed by atoms with Crippen molar-refractivity contribution in [3.8, 4) is 0 Å². The van der Waals surface area contributed by atoms with Crippen LogP contribution in [0.15, 0.2) is 18.2 Å². The summed E-state index contributed by atoms with van der Waals surface area (Å²) in [5, 5.41) is 13.8. The molecule has 0 amide bonds. The van der Waals surface area contributed by atoms with Crippen molar-refractivity contribution in [2.75, 3.05) is 11.1 Å². The molecule has 2 aromatic rings. The Morgan fingerprint density at radius 2 is 2.05 bits per heavy atom. The lowest BCUT2D eigenvalue weighted by Gasteiger charge is -2.10. The number of nitrogen functional groups attached to an aromatic ring is 1. The standard InChI is InChI=1S/C12H12FN5O2/c1-6-3-4-8(13)5-9(6)16-11-10(18(19)20)7(2)15-12(14)17-11/h3-5H,1-2H3,(H3,14,15,16,17). The molecule has 3 N–H and O–H groups in total. The van der Waals surface area contributed by atoms with E-state index >= 15 is 0 Å². The van der Waals surface area contributed by atoms with Crippen molar-refractivity contribution >= 4 is 23.1 Å². The molecule has 20 heavy (non-hydrogen) atoms. The number of hydrogen-bond donors (Lipinski definition) is 2. The van der Waals surface area contributed by atoms with E-state index in [-0.39, 0.29) is 23.1 Å². The van der Waals surface area contributed by atoms with Gasteiger partial charge in [-0.25, -0.2) is 9.37 Å². The van der Waals surface area contributed by atoms with E-state index in [1.54, 1.807) is 13.0 Å². The van der Waals surface area contributed by atoms with Crippen LogP contribution in [0.1, 0.15) is 11.3 Å². The van der Waals surface area contributed by atoms with Gasteiger partial charge in [0.2, 0.25) is 11.8 Å². The zero-order chi connectivity index (χ0) is 14.9. The Morgan fingerprint density at radius 1 is 1.35 bits per heavy atom. The molecule has 0 bridgehead atoms. The minimum absolute atomic E-state index is 0.0614. The molecule has 0 fully saturated rings. The Morgan fingerprint density at radius 3 is 2.70 bits per heavy atom. The molecule has 1 heterocycles. The first-order valence-electron chi connectivity index (χ1n) is 5.70. The molecule has 0 radical (unpaired) electrons. The number of nitrogens with two attached hydrogens (primary N) is 1. The zero-order valence-electron chi connectivity index (χ0n) is 10.8. The minimum Gasteiger partial charge on any atom is -0.368 e. The van der Waals surface area contributed by atoms with Crippen molar-refractivity contribution in [2.45, 2.75) is 13.8 Å². The predicted molar refractivity (Wildman–Crippen MR) is 72.3 cm³/mol. The lowest BCUT2D eigenvalue weighted by atomic mass is 10.2. The van der Waals surface area contributed by atoms with Crippen LogP contribution < -0.4 is 11.1 Å². The van der Waals surface area contributed by atoms with Gasteiger partial charge in [-0.15, -0.1) is 0 Å². The monoisotopic (exact) mass is 277 g/mol. The van der Waals surface area contributed by atoms with E-state index in [2.05, 4.69) is 15.3 Å². The van der Waals surface area contributed by atoms with Gasteiger partial charge in [0.1, 0.15) is 11.5 Å². The number of halogens is 1. The number of nitro groups is 1. The van der Waals surface area contributed by atoms with Gasteiger partial charge in [-0.1, -0.05) is 6.07 Å². The molecule has 0 aliphatic rings. The Hall–Kier alpha value is -2.77. The molecule has 2 rings (SSSR count). The maximum atomic E-state index is 13.2. The molecular formula is C12H12FN5O2. The van der Waals surface area contributed by atoms with E-state index in [0.717, 1.165) is 5.56 Å². The van der Waals surface area contributed by atoms with E-state index in [4.69, 9.17) is 5.73 Å². The largest absolute Gasteiger partial charge is 0.368 e. The fourth-order valence-corrected chi connectivity index (χ4v) is 1.75. The van der Waals surface area contributed by atoms with Gasteiger partial charge in [0, 0.05) is 5.69 Å². The van der Waals surface area contributed by atoms with Crippen molar-refractivity contribution < 1.29 is 9.31 Å². The number of anilines is 3. The van der Waals surface area contributed by atoms with Crippen molar-refractivity contribution in [1.29, 1.82) is 0 Å². The van der Waals surface area contributed by atoms with Gasteiger partial charge in [-0.05, 0) is 31.5 Å². The lowest BCUT2D eigenvalue weighted by molar-refractivity contribution is -0.385. The van der Waals surface area contributed by atoms with Crippen molar-refractivity contribution in [2.24, 2.45) is 0 Å². The van der Waals surface area contributed by atoms with Crippen molar-refractivity contribution in [1.82, 2.24) is 9.97 Å². The van der Waals surface area contributed by atoms with E-state index < -0.39 is 10.7 Å².